The van der Waals surface area contributed by atoms with Crippen molar-refractivity contribution in [3.63, 3.8) is 0 Å². The van der Waals surface area contributed by atoms with Crippen molar-refractivity contribution in [1.29, 1.82) is 0 Å². The Morgan fingerprint density at radius 3 is 2.70 bits per heavy atom. The molecule has 0 atom stereocenters. The van der Waals surface area contributed by atoms with Gasteiger partial charge in [-0.2, -0.15) is 0 Å². The minimum absolute atomic E-state index is 0.106. The van der Waals surface area contributed by atoms with E-state index in [2.05, 4.69) is 11.4 Å². The zero-order valence-corrected chi connectivity index (χ0v) is 13.5. The standard InChI is InChI=1S/C19H21NO3/c1-3-23-17-10-9-16(12-18(17)22-2)20-19(21)15-8-7-13-5-4-6-14(13)11-15/h7-12H,3-6H2,1-2H3,(H,20,21). The summed E-state index contributed by atoms with van der Waals surface area (Å²) in [5, 5.41) is 2.92. The second-order valence-corrected chi connectivity index (χ2v) is 5.59. The van der Waals surface area contributed by atoms with Crippen molar-refractivity contribution in [3.05, 3.63) is 53.1 Å². The van der Waals surface area contributed by atoms with E-state index in [0.29, 0.717) is 29.4 Å². The van der Waals surface area contributed by atoms with Gasteiger partial charge in [-0.05, 0) is 61.6 Å². The number of hydrogen-bond acceptors (Lipinski definition) is 3. The number of anilines is 1. The molecule has 0 fully saturated rings. The summed E-state index contributed by atoms with van der Waals surface area (Å²) in [5.41, 5.74) is 4.04. The highest BCUT2D eigenvalue weighted by Crippen LogP contribution is 2.30. The van der Waals surface area contributed by atoms with E-state index in [1.165, 1.54) is 17.5 Å². The number of amides is 1. The van der Waals surface area contributed by atoms with Crippen LogP contribution in [0, 0.1) is 0 Å². The van der Waals surface area contributed by atoms with Crippen molar-refractivity contribution in [3.8, 4) is 11.5 Å². The van der Waals surface area contributed by atoms with Gasteiger partial charge in [0.1, 0.15) is 0 Å². The molecule has 120 valence electrons. The van der Waals surface area contributed by atoms with Crippen LogP contribution in [0.5, 0.6) is 11.5 Å². The molecule has 1 amide bonds. The lowest BCUT2D eigenvalue weighted by Gasteiger charge is -2.12. The molecule has 0 saturated heterocycles. The molecule has 1 aliphatic rings. The maximum atomic E-state index is 12.4. The highest BCUT2D eigenvalue weighted by atomic mass is 16.5. The number of carbonyl (C=O) groups is 1. The SMILES string of the molecule is CCOc1ccc(NC(=O)c2ccc3c(c2)CCC3)cc1OC. The molecule has 0 unspecified atom stereocenters. The third kappa shape index (κ3) is 3.31. The van der Waals surface area contributed by atoms with Gasteiger partial charge in [-0.3, -0.25) is 4.79 Å². The molecule has 0 heterocycles. The summed E-state index contributed by atoms with van der Waals surface area (Å²) in [4.78, 5) is 12.4. The van der Waals surface area contributed by atoms with Crippen LogP contribution in [0.4, 0.5) is 5.69 Å². The molecule has 0 aliphatic heterocycles. The maximum absolute atomic E-state index is 12.4. The van der Waals surface area contributed by atoms with Gasteiger partial charge in [0.25, 0.3) is 5.91 Å². The van der Waals surface area contributed by atoms with Gasteiger partial charge in [-0.15, -0.1) is 0 Å². The van der Waals surface area contributed by atoms with E-state index in [-0.39, 0.29) is 5.91 Å². The van der Waals surface area contributed by atoms with Crippen LogP contribution in [0.3, 0.4) is 0 Å². The highest BCUT2D eigenvalue weighted by molar-refractivity contribution is 6.04. The van der Waals surface area contributed by atoms with Crippen LogP contribution in [0.25, 0.3) is 0 Å². The third-order valence-corrected chi connectivity index (χ3v) is 4.08. The molecular weight excluding hydrogens is 290 g/mol. The number of aryl methyl sites for hydroxylation is 2. The van der Waals surface area contributed by atoms with Crippen molar-refractivity contribution < 1.29 is 14.3 Å². The van der Waals surface area contributed by atoms with Gasteiger partial charge in [0.2, 0.25) is 0 Å². The Morgan fingerprint density at radius 1 is 1.09 bits per heavy atom. The molecule has 1 N–H and O–H groups in total. The van der Waals surface area contributed by atoms with E-state index < -0.39 is 0 Å². The number of fused-ring (bicyclic) bond motifs is 1. The van der Waals surface area contributed by atoms with E-state index in [0.717, 1.165) is 12.8 Å². The van der Waals surface area contributed by atoms with Gasteiger partial charge < -0.3 is 14.8 Å². The second-order valence-electron chi connectivity index (χ2n) is 5.59. The third-order valence-electron chi connectivity index (χ3n) is 4.08. The summed E-state index contributed by atoms with van der Waals surface area (Å²) in [6.45, 7) is 2.49. The molecule has 2 aromatic carbocycles. The smallest absolute Gasteiger partial charge is 0.255 e. The average molecular weight is 311 g/mol. The summed E-state index contributed by atoms with van der Waals surface area (Å²) >= 11 is 0. The van der Waals surface area contributed by atoms with Crippen LogP contribution >= 0.6 is 0 Å². The van der Waals surface area contributed by atoms with Crippen molar-refractivity contribution >= 4 is 11.6 Å². The van der Waals surface area contributed by atoms with E-state index in [1.807, 2.05) is 25.1 Å². The Hall–Kier alpha value is -2.49. The van der Waals surface area contributed by atoms with Crippen LogP contribution in [0.2, 0.25) is 0 Å². The Labute approximate surface area is 136 Å². The number of hydrogen-bond donors (Lipinski definition) is 1. The van der Waals surface area contributed by atoms with Crippen LogP contribution in [-0.2, 0) is 12.8 Å². The van der Waals surface area contributed by atoms with Crippen molar-refractivity contribution in [2.24, 2.45) is 0 Å². The minimum Gasteiger partial charge on any atom is -0.493 e. The molecule has 0 aromatic heterocycles. The van der Waals surface area contributed by atoms with Gasteiger partial charge in [-0.25, -0.2) is 0 Å². The quantitative estimate of drug-likeness (QED) is 0.913. The lowest BCUT2D eigenvalue weighted by molar-refractivity contribution is 0.102. The largest absolute Gasteiger partial charge is 0.493 e. The average Bonchev–Trinajstić information content (AvgIpc) is 3.04. The summed E-state index contributed by atoms with van der Waals surface area (Å²) in [7, 11) is 1.59. The van der Waals surface area contributed by atoms with Gasteiger partial charge in [0.05, 0.1) is 13.7 Å². The van der Waals surface area contributed by atoms with Crippen molar-refractivity contribution in [2.45, 2.75) is 26.2 Å². The van der Waals surface area contributed by atoms with Gasteiger partial charge >= 0.3 is 0 Å². The highest BCUT2D eigenvalue weighted by Gasteiger charge is 2.14. The number of rotatable bonds is 5. The van der Waals surface area contributed by atoms with Crippen LogP contribution in [0.15, 0.2) is 36.4 Å². The first-order valence-corrected chi connectivity index (χ1v) is 7.95. The topological polar surface area (TPSA) is 47.6 Å². The predicted octanol–water partition coefficient (Wildman–Crippen LogP) is 3.83. The van der Waals surface area contributed by atoms with E-state index in [1.54, 1.807) is 19.2 Å². The van der Waals surface area contributed by atoms with E-state index in [9.17, 15) is 4.79 Å². The van der Waals surface area contributed by atoms with Gasteiger partial charge in [0.15, 0.2) is 11.5 Å². The summed E-state index contributed by atoms with van der Waals surface area (Å²) < 4.78 is 10.8. The van der Waals surface area contributed by atoms with Crippen LogP contribution in [0.1, 0.15) is 34.8 Å². The zero-order valence-electron chi connectivity index (χ0n) is 13.5. The van der Waals surface area contributed by atoms with Crippen LogP contribution < -0.4 is 14.8 Å². The Morgan fingerprint density at radius 2 is 1.91 bits per heavy atom. The number of methoxy groups -OCH3 is 1. The summed E-state index contributed by atoms with van der Waals surface area (Å²) in [5.74, 6) is 1.18. The molecule has 0 saturated carbocycles. The van der Waals surface area contributed by atoms with Crippen LogP contribution in [-0.4, -0.2) is 19.6 Å². The normalized spacial score (nSPS) is 12.6. The molecule has 1 aliphatic carbocycles. The first-order valence-electron chi connectivity index (χ1n) is 7.95. The lowest BCUT2D eigenvalue weighted by Crippen LogP contribution is -2.12. The Balaban J connectivity index is 1.77. The fourth-order valence-corrected chi connectivity index (χ4v) is 2.94. The molecule has 23 heavy (non-hydrogen) atoms. The Kier molecular flexibility index (Phi) is 4.51. The zero-order chi connectivity index (χ0) is 16.2. The van der Waals surface area contributed by atoms with Crippen molar-refractivity contribution in [1.82, 2.24) is 0 Å². The molecule has 3 rings (SSSR count). The second kappa shape index (κ2) is 6.73. The molecule has 0 radical (unpaired) electrons. The van der Waals surface area contributed by atoms with Crippen molar-refractivity contribution in [2.75, 3.05) is 19.0 Å². The summed E-state index contributed by atoms with van der Waals surface area (Å²) in [6.07, 6.45) is 3.36. The molecule has 4 nitrogen and oxygen atoms in total. The summed E-state index contributed by atoms with van der Waals surface area (Å²) in [6, 6.07) is 11.4. The molecule has 0 bridgehead atoms. The fraction of sp³-hybridized carbons (Fsp3) is 0.316. The van der Waals surface area contributed by atoms with Gasteiger partial charge in [-0.1, -0.05) is 6.07 Å². The monoisotopic (exact) mass is 311 g/mol. The molecule has 0 spiro atoms. The number of benzene rings is 2. The molecule has 2 aromatic rings. The fourth-order valence-electron chi connectivity index (χ4n) is 2.94. The van der Waals surface area contributed by atoms with Gasteiger partial charge in [0, 0.05) is 17.3 Å². The number of carbonyl (C=O) groups excluding carboxylic acids is 1. The number of nitrogens with one attached hydrogen (secondary N) is 1. The first kappa shape index (κ1) is 15.4. The molecular formula is C19H21NO3. The van der Waals surface area contributed by atoms with E-state index >= 15 is 0 Å². The number of ether oxygens (including phenoxy) is 2. The lowest BCUT2D eigenvalue weighted by atomic mass is 10.1. The minimum atomic E-state index is -0.106. The maximum Gasteiger partial charge on any atom is 0.255 e. The van der Waals surface area contributed by atoms with E-state index in [4.69, 9.17) is 9.47 Å². The Bertz CT molecular complexity index is 725. The molecule has 4 heteroatoms. The predicted molar refractivity (Wildman–Crippen MR) is 90.6 cm³/mol. The first-order chi connectivity index (χ1) is 11.2.